The Labute approximate surface area is 173 Å². The van der Waals surface area contributed by atoms with Crippen molar-refractivity contribution in [3.63, 3.8) is 0 Å². The molecule has 2 heterocycles. The Morgan fingerprint density at radius 1 is 0.931 bits per heavy atom. The Morgan fingerprint density at radius 2 is 1.69 bits per heavy atom. The minimum atomic E-state index is 0.00174. The number of carbonyl (C=O) groups is 1. The van der Waals surface area contributed by atoms with Gasteiger partial charge in [-0.05, 0) is 28.5 Å². The van der Waals surface area contributed by atoms with Gasteiger partial charge in [-0.15, -0.1) is 0 Å². The van der Waals surface area contributed by atoms with Crippen LogP contribution in [0.15, 0.2) is 66.7 Å². The molecule has 146 valence electrons. The van der Waals surface area contributed by atoms with Gasteiger partial charge in [-0.3, -0.25) is 0 Å². The van der Waals surface area contributed by atoms with E-state index in [1.165, 1.54) is 15.5 Å². The van der Waals surface area contributed by atoms with Gasteiger partial charge in [0, 0.05) is 32.7 Å². The average Bonchev–Trinajstić information content (AvgIpc) is 3.22. The van der Waals surface area contributed by atoms with Crippen LogP contribution in [0.3, 0.4) is 0 Å². The van der Waals surface area contributed by atoms with Gasteiger partial charge in [-0.2, -0.15) is 0 Å². The minimum Gasteiger partial charge on any atom is -0.345 e. The second-order valence-corrected chi connectivity index (χ2v) is 8.24. The maximum absolute atomic E-state index is 12.7. The lowest BCUT2D eigenvalue weighted by molar-refractivity contribution is 0.194. The van der Waals surface area contributed by atoms with E-state index in [2.05, 4.69) is 40.5 Å². The summed E-state index contributed by atoms with van der Waals surface area (Å²) in [6, 6.07) is 22.7. The third-order valence-electron chi connectivity index (χ3n) is 5.43. The summed E-state index contributed by atoms with van der Waals surface area (Å²) in [5.41, 5.74) is 2.19. The molecule has 0 unspecified atom stereocenters. The second kappa shape index (κ2) is 7.72. The molecule has 3 aromatic carbocycles. The topological polar surface area (TPSA) is 48.5 Å². The van der Waals surface area contributed by atoms with Gasteiger partial charge in [0.25, 0.3) is 0 Å². The van der Waals surface area contributed by atoms with Gasteiger partial charge in [0.2, 0.25) is 0 Å². The molecule has 0 spiro atoms. The number of hydrogen-bond donors (Lipinski definition) is 1. The van der Waals surface area contributed by atoms with E-state index in [0.717, 1.165) is 29.3 Å². The fraction of sp³-hybridized carbons (Fsp3) is 0.217. The van der Waals surface area contributed by atoms with Gasteiger partial charge in [-0.1, -0.05) is 65.9 Å². The van der Waals surface area contributed by atoms with E-state index >= 15 is 0 Å². The molecule has 1 aromatic heterocycles. The number of nitrogens with zero attached hydrogens (tertiary/aromatic N) is 3. The van der Waals surface area contributed by atoms with Crippen molar-refractivity contribution < 1.29 is 4.79 Å². The number of aromatic nitrogens is 1. The van der Waals surface area contributed by atoms with Crippen LogP contribution in [-0.2, 0) is 6.54 Å². The van der Waals surface area contributed by atoms with Crippen LogP contribution >= 0.6 is 11.3 Å². The first-order valence-electron chi connectivity index (χ1n) is 9.88. The normalized spacial score (nSPS) is 14.5. The van der Waals surface area contributed by atoms with Crippen LogP contribution < -0.4 is 10.2 Å². The third-order valence-corrected chi connectivity index (χ3v) is 6.53. The third kappa shape index (κ3) is 3.63. The molecule has 1 N–H and O–H groups in total. The summed E-state index contributed by atoms with van der Waals surface area (Å²) in [4.78, 5) is 21.6. The van der Waals surface area contributed by atoms with Crippen molar-refractivity contribution in [2.24, 2.45) is 0 Å². The second-order valence-electron chi connectivity index (χ2n) is 7.24. The molecule has 0 radical (unpaired) electrons. The van der Waals surface area contributed by atoms with Crippen molar-refractivity contribution in [1.29, 1.82) is 0 Å². The van der Waals surface area contributed by atoms with Crippen LogP contribution in [0.4, 0.5) is 9.93 Å². The maximum atomic E-state index is 12.7. The molecule has 2 amide bonds. The highest BCUT2D eigenvalue weighted by Crippen LogP contribution is 2.29. The van der Waals surface area contributed by atoms with Crippen molar-refractivity contribution >= 4 is 43.5 Å². The van der Waals surface area contributed by atoms with Crippen LogP contribution in [0.5, 0.6) is 0 Å². The van der Waals surface area contributed by atoms with Crippen molar-refractivity contribution in [1.82, 2.24) is 15.2 Å². The molecule has 1 aliphatic heterocycles. The molecule has 5 rings (SSSR count). The fourth-order valence-electron chi connectivity index (χ4n) is 3.83. The number of hydrogen-bond acceptors (Lipinski definition) is 4. The number of carbonyl (C=O) groups excluding carboxylic acids is 1. The lowest BCUT2D eigenvalue weighted by Crippen LogP contribution is -2.51. The van der Waals surface area contributed by atoms with Crippen molar-refractivity contribution in [3.05, 3.63) is 72.3 Å². The summed E-state index contributed by atoms with van der Waals surface area (Å²) in [5, 5.41) is 6.52. The Balaban J connectivity index is 1.20. The zero-order valence-electron chi connectivity index (χ0n) is 16.0. The zero-order valence-corrected chi connectivity index (χ0v) is 16.9. The maximum Gasteiger partial charge on any atom is 0.317 e. The van der Waals surface area contributed by atoms with Crippen molar-refractivity contribution in [2.75, 3.05) is 31.1 Å². The van der Waals surface area contributed by atoms with Crippen LogP contribution in [0, 0.1) is 0 Å². The predicted molar refractivity (Wildman–Crippen MR) is 120 cm³/mol. The lowest BCUT2D eigenvalue weighted by atomic mass is 10.0. The smallest absolute Gasteiger partial charge is 0.317 e. The minimum absolute atomic E-state index is 0.00174. The Kier molecular flexibility index (Phi) is 4.77. The Bertz CT molecular complexity index is 1130. The van der Waals surface area contributed by atoms with Gasteiger partial charge in [0.15, 0.2) is 5.13 Å². The van der Waals surface area contributed by atoms with E-state index in [-0.39, 0.29) is 6.03 Å². The van der Waals surface area contributed by atoms with Crippen molar-refractivity contribution in [2.45, 2.75) is 6.54 Å². The highest BCUT2D eigenvalue weighted by molar-refractivity contribution is 7.22. The van der Waals surface area contributed by atoms with E-state index in [1.807, 2.05) is 41.3 Å². The lowest BCUT2D eigenvalue weighted by Gasteiger charge is -2.34. The molecule has 4 aromatic rings. The van der Waals surface area contributed by atoms with Gasteiger partial charge in [0.1, 0.15) is 0 Å². The van der Waals surface area contributed by atoms with E-state index in [1.54, 1.807) is 11.3 Å². The van der Waals surface area contributed by atoms with Gasteiger partial charge in [0.05, 0.1) is 10.2 Å². The van der Waals surface area contributed by atoms with Gasteiger partial charge in [-0.25, -0.2) is 9.78 Å². The van der Waals surface area contributed by atoms with E-state index in [9.17, 15) is 4.79 Å². The summed E-state index contributed by atoms with van der Waals surface area (Å²) >= 11 is 1.72. The monoisotopic (exact) mass is 402 g/mol. The standard InChI is InChI=1S/C23H22N4OS/c28-22(24-16-18-8-5-7-17-6-1-2-9-19(17)18)26-12-14-27(15-13-26)23-25-20-10-3-4-11-21(20)29-23/h1-11H,12-16H2,(H,24,28). The van der Waals surface area contributed by atoms with Crippen molar-refractivity contribution in [3.8, 4) is 0 Å². The molecule has 6 heteroatoms. The number of amides is 2. The molecule has 1 saturated heterocycles. The summed E-state index contributed by atoms with van der Waals surface area (Å²) in [6.45, 7) is 3.57. The molecule has 29 heavy (non-hydrogen) atoms. The first-order valence-corrected chi connectivity index (χ1v) is 10.7. The number of anilines is 1. The van der Waals surface area contributed by atoms with Gasteiger partial charge < -0.3 is 15.1 Å². The molecular weight excluding hydrogens is 380 g/mol. The first kappa shape index (κ1) is 17.9. The molecule has 0 atom stereocenters. The highest BCUT2D eigenvalue weighted by Gasteiger charge is 2.23. The number of rotatable bonds is 3. The number of thiazole rings is 1. The summed E-state index contributed by atoms with van der Waals surface area (Å²) in [5.74, 6) is 0. The molecular formula is C23H22N4OS. The molecule has 0 bridgehead atoms. The van der Waals surface area contributed by atoms with Crippen LogP contribution in [-0.4, -0.2) is 42.1 Å². The Hall–Kier alpha value is -3.12. The zero-order chi connectivity index (χ0) is 19.6. The van der Waals surface area contributed by atoms with Crippen LogP contribution in [0.25, 0.3) is 21.0 Å². The number of piperazine rings is 1. The molecule has 0 aliphatic carbocycles. The van der Waals surface area contributed by atoms with Crippen LogP contribution in [0.1, 0.15) is 5.56 Å². The predicted octanol–water partition coefficient (Wildman–Crippen LogP) is 4.48. The number of benzene rings is 3. The quantitative estimate of drug-likeness (QED) is 0.550. The first-order chi connectivity index (χ1) is 14.3. The number of fused-ring (bicyclic) bond motifs is 2. The largest absolute Gasteiger partial charge is 0.345 e. The SMILES string of the molecule is O=C(NCc1cccc2ccccc12)N1CCN(c2nc3ccccc3s2)CC1. The van der Waals surface area contributed by atoms with Gasteiger partial charge >= 0.3 is 6.03 Å². The van der Waals surface area contributed by atoms with E-state index in [0.29, 0.717) is 19.6 Å². The fourth-order valence-corrected chi connectivity index (χ4v) is 4.84. The Morgan fingerprint density at radius 3 is 2.55 bits per heavy atom. The molecule has 5 nitrogen and oxygen atoms in total. The summed E-state index contributed by atoms with van der Waals surface area (Å²) in [6.07, 6.45) is 0. The molecule has 1 aliphatic rings. The highest BCUT2D eigenvalue weighted by atomic mass is 32.1. The van der Waals surface area contributed by atoms with E-state index < -0.39 is 0 Å². The van der Waals surface area contributed by atoms with Crippen LogP contribution in [0.2, 0.25) is 0 Å². The summed E-state index contributed by atoms with van der Waals surface area (Å²) < 4.78 is 1.21. The summed E-state index contributed by atoms with van der Waals surface area (Å²) in [7, 11) is 0. The number of nitrogens with one attached hydrogen (secondary N) is 1. The average molecular weight is 403 g/mol. The molecule has 0 saturated carbocycles. The molecule has 1 fully saturated rings. The number of urea groups is 1. The van der Waals surface area contributed by atoms with E-state index in [4.69, 9.17) is 4.98 Å². The number of para-hydroxylation sites is 1.